The first-order valence-corrected chi connectivity index (χ1v) is 10.00. The maximum Gasteiger partial charge on any atom is 0.414 e. The van der Waals surface area contributed by atoms with Gasteiger partial charge in [0.15, 0.2) is 0 Å². The molecule has 0 unspecified atom stereocenters. The van der Waals surface area contributed by atoms with Crippen molar-refractivity contribution in [1.82, 2.24) is 9.80 Å². The molecule has 1 amide bonds. The van der Waals surface area contributed by atoms with Gasteiger partial charge in [-0.1, -0.05) is 29.8 Å². The molecule has 1 aliphatic heterocycles. The van der Waals surface area contributed by atoms with E-state index in [0.717, 1.165) is 32.7 Å². The predicted molar refractivity (Wildman–Crippen MR) is 117 cm³/mol. The Bertz CT molecular complexity index is 902. The zero-order chi connectivity index (χ0) is 23.7. The number of benzene rings is 2. The molecule has 2 N–H and O–H groups in total. The highest BCUT2D eigenvalue weighted by atomic mass is 16.5. The van der Waals surface area contributed by atoms with E-state index in [0.29, 0.717) is 17.1 Å². The molecule has 0 saturated carbocycles. The Labute approximate surface area is 186 Å². The molecule has 9 heteroatoms. The number of rotatable bonds is 5. The van der Waals surface area contributed by atoms with Gasteiger partial charge in [-0.3, -0.25) is 9.69 Å². The molecular weight excluding hydrogens is 416 g/mol. The third-order valence-electron chi connectivity index (χ3n) is 4.97. The van der Waals surface area contributed by atoms with E-state index >= 15 is 0 Å². The third-order valence-corrected chi connectivity index (χ3v) is 4.97. The lowest BCUT2D eigenvalue weighted by Crippen LogP contribution is -2.48. The third kappa shape index (κ3) is 7.28. The Hall–Kier alpha value is -3.59. The number of methoxy groups -OCH3 is 2. The van der Waals surface area contributed by atoms with Crippen LogP contribution in [-0.4, -0.2) is 78.3 Å². The second kappa shape index (κ2) is 11.7. The minimum absolute atomic E-state index is 0.0252. The number of piperazine rings is 1. The van der Waals surface area contributed by atoms with Crippen LogP contribution in [0.15, 0.2) is 42.5 Å². The van der Waals surface area contributed by atoms with Gasteiger partial charge in [-0.25, -0.2) is 9.59 Å². The Morgan fingerprint density at radius 3 is 1.78 bits per heavy atom. The highest BCUT2D eigenvalue weighted by Gasteiger charge is 2.23. The van der Waals surface area contributed by atoms with Crippen LogP contribution in [0, 0.1) is 6.92 Å². The van der Waals surface area contributed by atoms with Gasteiger partial charge in [0.2, 0.25) is 0 Å². The maximum atomic E-state index is 12.8. The number of carbonyl (C=O) groups is 3. The number of aryl methyl sites for hydroxylation is 1. The van der Waals surface area contributed by atoms with Crippen molar-refractivity contribution in [2.75, 3.05) is 40.4 Å². The highest BCUT2D eigenvalue weighted by Crippen LogP contribution is 2.24. The molecule has 2 aromatic carbocycles. The fourth-order valence-corrected chi connectivity index (χ4v) is 3.17. The Morgan fingerprint density at radius 2 is 1.34 bits per heavy atom. The minimum atomic E-state index is -1.82. The molecule has 0 atom stereocenters. The Morgan fingerprint density at radius 1 is 0.844 bits per heavy atom. The molecule has 0 spiro atoms. The Balaban J connectivity index is 0.000000534. The quantitative estimate of drug-likeness (QED) is 0.674. The van der Waals surface area contributed by atoms with E-state index in [1.807, 2.05) is 4.90 Å². The molecule has 0 radical (unpaired) electrons. The number of carboxylic acids is 2. The molecule has 0 aliphatic carbocycles. The molecule has 1 aliphatic rings. The maximum absolute atomic E-state index is 12.8. The molecule has 1 heterocycles. The first-order chi connectivity index (χ1) is 15.2. The summed E-state index contributed by atoms with van der Waals surface area (Å²) < 4.78 is 10.5. The van der Waals surface area contributed by atoms with E-state index < -0.39 is 11.9 Å². The van der Waals surface area contributed by atoms with Crippen molar-refractivity contribution in [3.05, 3.63) is 59.2 Å². The van der Waals surface area contributed by atoms with Crippen molar-refractivity contribution in [2.45, 2.75) is 13.5 Å². The number of ether oxygens (including phenoxy) is 2. The van der Waals surface area contributed by atoms with E-state index in [2.05, 4.69) is 36.1 Å². The first-order valence-electron chi connectivity index (χ1n) is 10.00. The van der Waals surface area contributed by atoms with Gasteiger partial charge in [0.05, 0.1) is 14.2 Å². The molecule has 3 rings (SSSR count). The molecule has 172 valence electrons. The molecule has 1 saturated heterocycles. The largest absolute Gasteiger partial charge is 0.497 e. The van der Waals surface area contributed by atoms with Crippen LogP contribution in [-0.2, 0) is 16.1 Å². The molecule has 9 nitrogen and oxygen atoms in total. The van der Waals surface area contributed by atoms with Crippen LogP contribution in [0.5, 0.6) is 11.5 Å². The van der Waals surface area contributed by atoms with E-state index in [1.54, 1.807) is 32.4 Å². The normalized spacial score (nSPS) is 13.5. The molecule has 32 heavy (non-hydrogen) atoms. The summed E-state index contributed by atoms with van der Waals surface area (Å²) in [6, 6.07) is 13.9. The van der Waals surface area contributed by atoms with Crippen molar-refractivity contribution in [1.29, 1.82) is 0 Å². The number of aliphatic carboxylic acids is 2. The lowest BCUT2D eigenvalue weighted by molar-refractivity contribution is -0.159. The van der Waals surface area contributed by atoms with Crippen molar-refractivity contribution in [3.63, 3.8) is 0 Å². The predicted octanol–water partition coefficient (Wildman–Crippen LogP) is 2.13. The van der Waals surface area contributed by atoms with Crippen LogP contribution in [0.3, 0.4) is 0 Å². The van der Waals surface area contributed by atoms with Gasteiger partial charge in [-0.05, 0) is 24.6 Å². The van der Waals surface area contributed by atoms with Crippen LogP contribution in [0.2, 0.25) is 0 Å². The van der Waals surface area contributed by atoms with Crippen LogP contribution in [0.25, 0.3) is 0 Å². The molecule has 0 bridgehead atoms. The van der Waals surface area contributed by atoms with Gasteiger partial charge in [-0.2, -0.15) is 0 Å². The topological polar surface area (TPSA) is 117 Å². The molecule has 0 aromatic heterocycles. The van der Waals surface area contributed by atoms with Crippen molar-refractivity contribution >= 4 is 17.8 Å². The summed E-state index contributed by atoms with van der Waals surface area (Å²) in [7, 11) is 3.18. The van der Waals surface area contributed by atoms with Gasteiger partial charge < -0.3 is 24.6 Å². The molecular formula is C23H28N2O7. The van der Waals surface area contributed by atoms with E-state index in [-0.39, 0.29) is 5.91 Å². The number of carboxylic acid groups (broad SMARTS) is 2. The van der Waals surface area contributed by atoms with Gasteiger partial charge in [0, 0.05) is 44.4 Å². The minimum Gasteiger partial charge on any atom is -0.497 e. The van der Waals surface area contributed by atoms with Crippen LogP contribution >= 0.6 is 0 Å². The monoisotopic (exact) mass is 444 g/mol. The van der Waals surface area contributed by atoms with E-state index in [1.165, 1.54) is 11.1 Å². The summed E-state index contributed by atoms with van der Waals surface area (Å²) in [5, 5.41) is 14.8. The highest BCUT2D eigenvalue weighted by molar-refractivity contribution is 6.27. The summed E-state index contributed by atoms with van der Waals surface area (Å²) in [6.45, 7) is 6.23. The van der Waals surface area contributed by atoms with Crippen LogP contribution in [0.1, 0.15) is 21.5 Å². The van der Waals surface area contributed by atoms with Crippen molar-refractivity contribution in [3.8, 4) is 11.5 Å². The van der Waals surface area contributed by atoms with Gasteiger partial charge in [-0.15, -0.1) is 0 Å². The second-order valence-electron chi connectivity index (χ2n) is 7.27. The summed E-state index contributed by atoms with van der Waals surface area (Å²) in [6.07, 6.45) is 0. The summed E-state index contributed by atoms with van der Waals surface area (Å²) in [4.78, 5) is 35.3. The van der Waals surface area contributed by atoms with Crippen molar-refractivity contribution in [2.24, 2.45) is 0 Å². The number of hydrogen-bond donors (Lipinski definition) is 2. The fraction of sp³-hybridized carbons (Fsp3) is 0.348. The standard InChI is InChI=1S/C21H26N2O3.C2H2O4/c1-16-4-6-17(7-5-16)15-22-8-10-23(11-9-22)21(24)18-12-19(25-2)14-20(13-18)26-3;3-1(4)2(5)6/h4-7,12-14H,8-11,15H2,1-3H3;(H,3,4)(H,5,6). The number of nitrogens with zero attached hydrogens (tertiary/aromatic N) is 2. The molecule has 2 aromatic rings. The zero-order valence-electron chi connectivity index (χ0n) is 18.4. The first kappa shape index (κ1) is 24.7. The Kier molecular flexibility index (Phi) is 9.03. The lowest BCUT2D eigenvalue weighted by Gasteiger charge is -2.35. The van der Waals surface area contributed by atoms with Crippen molar-refractivity contribution < 1.29 is 34.1 Å². The van der Waals surface area contributed by atoms with Gasteiger partial charge >= 0.3 is 11.9 Å². The average Bonchev–Trinajstić information content (AvgIpc) is 2.80. The number of amides is 1. The van der Waals surface area contributed by atoms with Crippen LogP contribution < -0.4 is 9.47 Å². The second-order valence-corrected chi connectivity index (χ2v) is 7.27. The smallest absolute Gasteiger partial charge is 0.414 e. The van der Waals surface area contributed by atoms with Gasteiger partial charge in [0.25, 0.3) is 5.91 Å². The van der Waals surface area contributed by atoms with E-state index in [4.69, 9.17) is 29.3 Å². The lowest BCUT2D eigenvalue weighted by atomic mass is 10.1. The SMILES string of the molecule is COc1cc(OC)cc(C(=O)N2CCN(Cc3ccc(C)cc3)CC2)c1.O=C(O)C(=O)O. The van der Waals surface area contributed by atoms with Gasteiger partial charge in [0.1, 0.15) is 11.5 Å². The van der Waals surface area contributed by atoms with E-state index in [9.17, 15) is 4.79 Å². The average molecular weight is 444 g/mol. The summed E-state index contributed by atoms with van der Waals surface area (Å²) in [5.74, 6) is -2.36. The number of carbonyl (C=O) groups excluding carboxylic acids is 1. The summed E-state index contributed by atoms with van der Waals surface area (Å²) in [5.41, 5.74) is 3.19. The molecule has 1 fully saturated rings. The number of hydrogen-bond acceptors (Lipinski definition) is 6. The fourth-order valence-electron chi connectivity index (χ4n) is 3.17. The summed E-state index contributed by atoms with van der Waals surface area (Å²) >= 11 is 0. The zero-order valence-corrected chi connectivity index (χ0v) is 18.4. The van der Waals surface area contributed by atoms with Crippen LogP contribution in [0.4, 0.5) is 0 Å².